The molecule has 1 unspecified atom stereocenters. The molecule has 0 spiro atoms. The van der Waals surface area contributed by atoms with E-state index in [1.807, 2.05) is 6.92 Å². The van der Waals surface area contributed by atoms with Gasteiger partial charge in [0.25, 0.3) is 0 Å². The zero-order valence-corrected chi connectivity index (χ0v) is 9.87. The maximum Gasteiger partial charge on any atom is 0.325 e. The second kappa shape index (κ2) is 5.70. The van der Waals surface area contributed by atoms with E-state index in [4.69, 9.17) is 5.73 Å². The molecule has 0 aromatic carbocycles. The highest BCUT2D eigenvalue weighted by molar-refractivity contribution is 5.88. The van der Waals surface area contributed by atoms with Crippen LogP contribution in [-0.4, -0.2) is 43.0 Å². The fraction of sp³-hybridized carbons (Fsp3) is 0.800. The van der Waals surface area contributed by atoms with Crippen molar-refractivity contribution in [2.75, 3.05) is 20.7 Å². The van der Waals surface area contributed by atoms with Crippen molar-refractivity contribution in [2.24, 2.45) is 5.73 Å². The number of carbonyl (C=O) groups is 2. The molecule has 5 nitrogen and oxygen atoms in total. The first-order valence-electron chi connectivity index (χ1n) is 4.96. The van der Waals surface area contributed by atoms with Gasteiger partial charge in [0, 0.05) is 7.05 Å². The summed E-state index contributed by atoms with van der Waals surface area (Å²) in [7, 11) is 2.83. The second-order valence-electron chi connectivity index (χ2n) is 3.90. The van der Waals surface area contributed by atoms with Gasteiger partial charge in [0.15, 0.2) is 0 Å². The zero-order chi connectivity index (χ0) is 12.1. The molecule has 5 heteroatoms. The maximum atomic E-state index is 11.8. The van der Waals surface area contributed by atoms with Crippen molar-refractivity contribution in [1.29, 1.82) is 0 Å². The van der Waals surface area contributed by atoms with Gasteiger partial charge < -0.3 is 15.4 Å². The van der Waals surface area contributed by atoms with Gasteiger partial charge in [-0.1, -0.05) is 13.3 Å². The molecule has 0 rings (SSSR count). The number of carbonyl (C=O) groups excluding carboxylic acids is 2. The SMILES string of the molecule is CCCC(C)(N)C(=O)N(C)CC(=O)OC. The molecule has 0 saturated heterocycles. The quantitative estimate of drug-likeness (QED) is 0.663. The van der Waals surface area contributed by atoms with Crippen LogP contribution in [0.15, 0.2) is 0 Å². The number of nitrogens with zero attached hydrogens (tertiary/aromatic N) is 1. The minimum atomic E-state index is -0.905. The Morgan fingerprint density at radius 1 is 1.47 bits per heavy atom. The second-order valence-corrected chi connectivity index (χ2v) is 3.90. The van der Waals surface area contributed by atoms with Crippen molar-refractivity contribution in [2.45, 2.75) is 32.2 Å². The third-order valence-electron chi connectivity index (χ3n) is 2.20. The van der Waals surface area contributed by atoms with Gasteiger partial charge in [0.2, 0.25) is 5.91 Å². The molecular formula is C10H20N2O3. The summed E-state index contributed by atoms with van der Waals surface area (Å²) in [5.41, 5.74) is 4.94. The number of esters is 1. The van der Waals surface area contributed by atoms with Crippen molar-refractivity contribution in [1.82, 2.24) is 4.90 Å². The van der Waals surface area contributed by atoms with Crippen molar-refractivity contribution < 1.29 is 14.3 Å². The van der Waals surface area contributed by atoms with Crippen molar-refractivity contribution in [3.05, 3.63) is 0 Å². The number of hydrogen-bond donors (Lipinski definition) is 1. The summed E-state index contributed by atoms with van der Waals surface area (Å²) in [6.07, 6.45) is 1.42. The van der Waals surface area contributed by atoms with Crippen LogP contribution in [0.4, 0.5) is 0 Å². The van der Waals surface area contributed by atoms with Gasteiger partial charge >= 0.3 is 5.97 Å². The standard InChI is InChI=1S/C10H20N2O3/c1-5-6-10(2,11)9(14)12(3)7-8(13)15-4/h5-7,11H2,1-4H3. The van der Waals surface area contributed by atoms with E-state index >= 15 is 0 Å². The third kappa shape index (κ3) is 4.29. The fourth-order valence-corrected chi connectivity index (χ4v) is 1.39. The highest BCUT2D eigenvalue weighted by Gasteiger charge is 2.30. The molecule has 0 aliphatic rings. The van der Waals surface area contributed by atoms with Crippen LogP contribution in [-0.2, 0) is 14.3 Å². The first-order valence-corrected chi connectivity index (χ1v) is 4.96. The molecule has 1 atom stereocenters. The van der Waals surface area contributed by atoms with Crippen LogP contribution in [0.5, 0.6) is 0 Å². The van der Waals surface area contributed by atoms with E-state index in [0.29, 0.717) is 6.42 Å². The lowest BCUT2D eigenvalue weighted by molar-refractivity contribution is -0.147. The Balaban J connectivity index is 4.36. The average molecular weight is 216 g/mol. The summed E-state index contributed by atoms with van der Waals surface area (Å²) >= 11 is 0. The predicted octanol–water partition coefficient (Wildman–Crippen LogP) is 0.135. The summed E-state index contributed by atoms with van der Waals surface area (Å²) in [5, 5.41) is 0. The van der Waals surface area contributed by atoms with Crippen LogP contribution in [0.2, 0.25) is 0 Å². The number of amides is 1. The van der Waals surface area contributed by atoms with E-state index < -0.39 is 11.5 Å². The molecule has 0 heterocycles. The maximum absolute atomic E-state index is 11.8. The van der Waals surface area contributed by atoms with E-state index in [1.54, 1.807) is 14.0 Å². The number of hydrogen-bond acceptors (Lipinski definition) is 4. The Bertz CT molecular complexity index is 239. The number of ether oxygens (including phenoxy) is 1. The first kappa shape index (κ1) is 13.9. The lowest BCUT2D eigenvalue weighted by atomic mass is 9.96. The number of likely N-dealkylation sites (N-methyl/N-ethyl adjacent to an activating group) is 1. The minimum absolute atomic E-state index is 0.0637. The van der Waals surface area contributed by atoms with Crippen LogP contribution in [0, 0.1) is 0 Å². The molecule has 2 N–H and O–H groups in total. The predicted molar refractivity (Wildman–Crippen MR) is 57.2 cm³/mol. The summed E-state index contributed by atoms with van der Waals surface area (Å²) in [6.45, 7) is 3.57. The van der Waals surface area contributed by atoms with E-state index in [-0.39, 0.29) is 12.5 Å². The van der Waals surface area contributed by atoms with Crippen LogP contribution >= 0.6 is 0 Å². The Hall–Kier alpha value is -1.10. The van der Waals surface area contributed by atoms with Gasteiger partial charge in [-0.15, -0.1) is 0 Å². The Morgan fingerprint density at radius 3 is 2.40 bits per heavy atom. The highest BCUT2D eigenvalue weighted by atomic mass is 16.5. The summed E-state index contributed by atoms with van der Waals surface area (Å²) in [5.74, 6) is -0.687. The average Bonchev–Trinajstić information content (AvgIpc) is 2.16. The van der Waals surface area contributed by atoms with Crippen LogP contribution in [0.25, 0.3) is 0 Å². The summed E-state index contributed by atoms with van der Waals surface area (Å²) in [4.78, 5) is 24.0. The van der Waals surface area contributed by atoms with Crippen LogP contribution in [0.3, 0.4) is 0 Å². The van der Waals surface area contributed by atoms with Gasteiger partial charge in [-0.2, -0.15) is 0 Å². The third-order valence-corrected chi connectivity index (χ3v) is 2.20. The van der Waals surface area contributed by atoms with Crippen molar-refractivity contribution >= 4 is 11.9 Å². The minimum Gasteiger partial charge on any atom is -0.468 e. The molecule has 0 fully saturated rings. The van der Waals surface area contributed by atoms with E-state index in [0.717, 1.165) is 6.42 Å². The Labute approximate surface area is 90.6 Å². The first-order chi connectivity index (χ1) is 6.85. The van der Waals surface area contributed by atoms with Gasteiger partial charge in [0.05, 0.1) is 12.6 Å². The Kier molecular flexibility index (Phi) is 5.28. The van der Waals surface area contributed by atoms with Gasteiger partial charge in [-0.25, -0.2) is 0 Å². The van der Waals surface area contributed by atoms with Gasteiger partial charge in [-0.05, 0) is 13.3 Å². The van der Waals surface area contributed by atoms with Crippen molar-refractivity contribution in [3.63, 3.8) is 0 Å². The van der Waals surface area contributed by atoms with E-state index in [9.17, 15) is 9.59 Å². The molecule has 1 amide bonds. The molecule has 88 valence electrons. The number of methoxy groups -OCH3 is 1. The monoisotopic (exact) mass is 216 g/mol. The molecule has 0 radical (unpaired) electrons. The zero-order valence-electron chi connectivity index (χ0n) is 9.87. The highest BCUT2D eigenvalue weighted by Crippen LogP contribution is 2.11. The van der Waals surface area contributed by atoms with Crippen LogP contribution < -0.4 is 5.73 Å². The van der Waals surface area contributed by atoms with E-state index in [2.05, 4.69) is 4.74 Å². The largest absolute Gasteiger partial charge is 0.468 e. The topological polar surface area (TPSA) is 72.6 Å². The number of nitrogens with two attached hydrogens (primary N) is 1. The molecule has 0 aliphatic carbocycles. The summed E-state index contributed by atoms with van der Waals surface area (Å²) in [6, 6.07) is 0. The smallest absolute Gasteiger partial charge is 0.325 e. The Morgan fingerprint density at radius 2 is 2.00 bits per heavy atom. The molecule has 0 aromatic heterocycles. The summed E-state index contributed by atoms with van der Waals surface area (Å²) < 4.78 is 4.47. The number of rotatable bonds is 5. The van der Waals surface area contributed by atoms with E-state index in [1.165, 1.54) is 12.0 Å². The normalized spacial score (nSPS) is 14.2. The van der Waals surface area contributed by atoms with Gasteiger partial charge in [0.1, 0.15) is 6.54 Å². The molecular weight excluding hydrogens is 196 g/mol. The van der Waals surface area contributed by atoms with Crippen molar-refractivity contribution in [3.8, 4) is 0 Å². The molecule has 0 aliphatic heterocycles. The van der Waals surface area contributed by atoms with Crippen LogP contribution in [0.1, 0.15) is 26.7 Å². The lowest BCUT2D eigenvalue weighted by Crippen LogP contribution is -2.53. The van der Waals surface area contributed by atoms with Gasteiger partial charge in [-0.3, -0.25) is 9.59 Å². The lowest BCUT2D eigenvalue weighted by Gasteiger charge is -2.28. The molecule has 0 aromatic rings. The molecule has 0 saturated carbocycles. The molecule has 15 heavy (non-hydrogen) atoms. The fourth-order valence-electron chi connectivity index (χ4n) is 1.39. The molecule has 0 bridgehead atoms.